The quantitative estimate of drug-likeness (QED) is 0.501. The second-order valence-corrected chi connectivity index (χ2v) is 2.61. The van der Waals surface area contributed by atoms with Gasteiger partial charge in [0.2, 0.25) is 0 Å². The summed E-state index contributed by atoms with van der Waals surface area (Å²) in [5, 5.41) is 0. The first-order chi connectivity index (χ1) is 3.83. The highest BCUT2D eigenvalue weighted by atomic mass is 127. The third-order valence-electron chi connectivity index (χ3n) is 1.35. The third kappa shape index (κ3) is 0.975. The predicted molar refractivity (Wildman–Crippen MR) is 39.8 cm³/mol. The zero-order chi connectivity index (χ0) is 6.04. The van der Waals surface area contributed by atoms with Crippen LogP contribution in [0.25, 0.3) is 0 Å². The zero-order valence-corrected chi connectivity index (χ0v) is 6.64. The van der Waals surface area contributed by atoms with E-state index in [0.717, 1.165) is 13.2 Å². The first-order valence-electron chi connectivity index (χ1n) is 2.49. The van der Waals surface area contributed by atoms with E-state index in [1.165, 1.54) is 0 Å². The fourth-order valence-corrected chi connectivity index (χ4v) is 1.09. The molecule has 3 N–H and O–H groups in total. The van der Waals surface area contributed by atoms with Crippen LogP contribution in [0.2, 0.25) is 0 Å². The molecule has 1 aliphatic heterocycles. The minimum atomic E-state index is 0.0978. The molecule has 0 amide bonds. The Labute approximate surface area is 62.4 Å². The maximum absolute atomic E-state index is 5.43. The van der Waals surface area contributed by atoms with Crippen LogP contribution in [0.5, 0.6) is 0 Å². The summed E-state index contributed by atoms with van der Waals surface area (Å²) in [5.41, 5.74) is 5.53. The van der Waals surface area contributed by atoms with E-state index in [9.17, 15) is 0 Å². The van der Waals surface area contributed by atoms with Gasteiger partial charge in [0.1, 0.15) is 0 Å². The van der Waals surface area contributed by atoms with Gasteiger partial charge in [-0.25, -0.2) is 3.53 Å². The van der Waals surface area contributed by atoms with Gasteiger partial charge in [-0.3, -0.25) is 0 Å². The topological polar surface area (TPSA) is 47.3 Å². The minimum absolute atomic E-state index is 0.0978. The number of nitrogens with two attached hydrogens (primary N) is 1. The van der Waals surface area contributed by atoms with Crippen molar-refractivity contribution in [3.63, 3.8) is 0 Å². The Balaban J connectivity index is 2.33. The van der Waals surface area contributed by atoms with Crippen LogP contribution in [0.1, 0.15) is 0 Å². The predicted octanol–water partition coefficient (Wildman–Crippen LogP) is -0.346. The van der Waals surface area contributed by atoms with E-state index < -0.39 is 0 Å². The Kier molecular flexibility index (Phi) is 2.07. The Morgan fingerprint density at radius 3 is 2.38 bits per heavy atom. The molecule has 4 heteroatoms. The van der Waals surface area contributed by atoms with Crippen LogP contribution in [0.15, 0.2) is 0 Å². The van der Waals surface area contributed by atoms with Gasteiger partial charge in [-0.05, 0) is 0 Å². The van der Waals surface area contributed by atoms with Crippen LogP contribution in [0.4, 0.5) is 0 Å². The molecule has 3 nitrogen and oxygen atoms in total. The molecule has 1 rings (SSSR count). The van der Waals surface area contributed by atoms with Crippen LogP contribution in [-0.4, -0.2) is 25.3 Å². The van der Waals surface area contributed by atoms with Crippen LogP contribution in [0.3, 0.4) is 0 Å². The fraction of sp³-hybridized carbons (Fsp3) is 1.00. The smallest absolute Gasteiger partial charge is 0.0861 e. The molecule has 1 saturated heterocycles. The molecular formula is C4H9IN2O. The summed E-state index contributed by atoms with van der Waals surface area (Å²) in [5.74, 6) is 0. The van der Waals surface area contributed by atoms with E-state index in [0.29, 0.717) is 6.54 Å². The Morgan fingerprint density at radius 1 is 1.75 bits per heavy atom. The molecule has 0 saturated carbocycles. The molecule has 0 spiro atoms. The van der Waals surface area contributed by atoms with Gasteiger partial charge in [-0.1, -0.05) is 0 Å². The Bertz CT molecular complexity index is 70.6. The summed E-state index contributed by atoms with van der Waals surface area (Å²) < 4.78 is 8.06. The molecule has 0 aromatic carbocycles. The highest BCUT2D eigenvalue weighted by Gasteiger charge is 2.35. The van der Waals surface area contributed by atoms with E-state index in [4.69, 9.17) is 10.5 Å². The average molecular weight is 228 g/mol. The zero-order valence-electron chi connectivity index (χ0n) is 4.48. The number of halogens is 1. The Hall–Kier alpha value is 0.610. The highest BCUT2D eigenvalue weighted by Crippen LogP contribution is 2.15. The van der Waals surface area contributed by atoms with E-state index in [2.05, 4.69) is 26.4 Å². The second kappa shape index (κ2) is 2.47. The van der Waals surface area contributed by atoms with Crippen molar-refractivity contribution in [1.29, 1.82) is 0 Å². The van der Waals surface area contributed by atoms with E-state index in [1.54, 1.807) is 0 Å². The van der Waals surface area contributed by atoms with Crippen LogP contribution < -0.4 is 9.26 Å². The third-order valence-corrected chi connectivity index (χ3v) is 2.49. The lowest BCUT2D eigenvalue weighted by Gasteiger charge is -2.39. The minimum Gasteiger partial charge on any atom is -0.377 e. The van der Waals surface area contributed by atoms with Gasteiger partial charge < -0.3 is 10.5 Å². The van der Waals surface area contributed by atoms with Crippen molar-refractivity contribution >= 4 is 22.9 Å². The lowest BCUT2D eigenvalue weighted by molar-refractivity contribution is -0.0534. The molecule has 0 bridgehead atoms. The van der Waals surface area contributed by atoms with Gasteiger partial charge >= 0.3 is 0 Å². The van der Waals surface area contributed by atoms with Crippen molar-refractivity contribution in [2.45, 2.75) is 5.54 Å². The number of rotatable bonds is 2. The summed E-state index contributed by atoms with van der Waals surface area (Å²) in [6, 6.07) is 0. The molecule has 0 atom stereocenters. The molecule has 0 unspecified atom stereocenters. The molecule has 48 valence electrons. The van der Waals surface area contributed by atoms with Crippen molar-refractivity contribution in [2.75, 3.05) is 19.8 Å². The number of hydrogen-bond acceptors (Lipinski definition) is 3. The lowest BCUT2D eigenvalue weighted by Crippen LogP contribution is -2.61. The monoisotopic (exact) mass is 228 g/mol. The van der Waals surface area contributed by atoms with Crippen LogP contribution in [-0.2, 0) is 4.74 Å². The molecule has 1 aliphatic rings. The standard InChI is InChI=1S/C4H9IN2O/c5-7-4(1-6)2-8-3-4/h7H,1-3,6H2. The summed E-state index contributed by atoms with van der Waals surface area (Å²) in [6.07, 6.45) is 0. The molecule has 8 heavy (non-hydrogen) atoms. The molecule has 0 aromatic rings. The lowest BCUT2D eigenvalue weighted by atomic mass is 10.0. The van der Waals surface area contributed by atoms with Gasteiger partial charge in [-0.2, -0.15) is 0 Å². The summed E-state index contributed by atoms with van der Waals surface area (Å²) in [4.78, 5) is 0. The molecule has 1 fully saturated rings. The van der Waals surface area contributed by atoms with Crippen molar-refractivity contribution in [3.05, 3.63) is 0 Å². The van der Waals surface area contributed by atoms with Gasteiger partial charge in [0.05, 0.1) is 18.8 Å². The maximum Gasteiger partial charge on any atom is 0.0861 e. The first kappa shape index (κ1) is 6.73. The van der Waals surface area contributed by atoms with Gasteiger partial charge in [0.25, 0.3) is 0 Å². The van der Waals surface area contributed by atoms with Crippen LogP contribution in [0, 0.1) is 0 Å². The fourth-order valence-electron chi connectivity index (χ4n) is 0.559. The molecule has 0 radical (unpaired) electrons. The van der Waals surface area contributed by atoms with Gasteiger partial charge in [0.15, 0.2) is 0 Å². The van der Waals surface area contributed by atoms with E-state index in [1.807, 2.05) is 0 Å². The summed E-state index contributed by atoms with van der Waals surface area (Å²) in [6.45, 7) is 2.18. The average Bonchev–Trinajstić information content (AvgIpc) is 1.67. The first-order valence-corrected chi connectivity index (χ1v) is 3.56. The van der Waals surface area contributed by atoms with Crippen molar-refractivity contribution in [3.8, 4) is 0 Å². The summed E-state index contributed by atoms with van der Waals surface area (Å²) in [7, 11) is 0. The Morgan fingerprint density at radius 2 is 2.38 bits per heavy atom. The maximum atomic E-state index is 5.43. The molecule has 0 aliphatic carbocycles. The van der Waals surface area contributed by atoms with Crippen molar-refractivity contribution < 1.29 is 4.74 Å². The van der Waals surface area contributed by atoms with Gasteiger partial charge in [0, 0.05) is 29.4 Å². The second-order valence-electron chi connectivity index (χ2n) is 2.07. The molecular weight excluding hydrogens is 219 g/mol. The van der Waals surface area contributed by atoms with Crippen LogP contribution >= 0.6 is 22.9 Å². The normalized spacial score (nSPS) is 24.8. The van der Waals surface area contributed by atoms with E-state index in [-0.39, 0.29) is 5.54 Å². The highest BCUT2D eigenvalue weighted by molar-refractivity contribution is 14.1. The number of ether oxygens (including phenoxy) is 1. The van der Waals surface area contributed by atoms with Gasteiger partial charge in [-0.15, -0.1) is 0 Å². The largest absolute Gasteiger partial charge is 0.377 e. The molecule has 1 heterocycles. The SMILES string of the molecule is NCC1(NI)COC1. The molecule has 0 aromatic heterocycles. The van der Waals surface area contributed by atoms with Crippen molar-refractivity contribution in [2.24, 2.45) is 5.73 Å². The van der Waals surface area contributed by atoms with Crippen molar-refractivity contribution in [1.82, 2.24) is 3.53 Å². The number of nitrogens with one attached hydrogen (secondary N) is 1. The number of hydrogen-bond donors (Lipinski definition) is 2. The summed E-state index contributed by atoms with van der Waals surface area (Å²) >= 11 is 2.11. The van der Waals surface area contributed by atoms with E-state index >= 15 is 0 Å².